The van der Waals surface area contributed by atoms with Crippen LogP contribution in [0.3, 0.4) is 0 Å². The number of benzene rings is 1. The van der Waals surface area contributed by atoms with Crippen LogP contribution < -0.4 is 0 Å². The second-order valence-corrected chi connectivity index (χ2v) is 1.34. The molecule has 0 fully saturated rings. The van der Waals surface area contributed by atoms with Crippen molar-refractivity contribution in [2.75, 3.05) is 0 Å². The zero-order valence-electron chi connectivity index (χ0n) is 5.84. The summed E-state index contributed by atoms with van der Waals surface area (Å²) in [5.41, 5.74) is 0. The summed E-state index contributed by atoms with van der Waals surface area (Å²) >= 11 is 0. The third kappa shape index (κ3) is 8.61. The molecule has 0 amide bonds. The standard InChI is InChI=1S/C6H6O.CH2O.H2O2/c7-6-4-2-1-3-5-6;2*1-2/h1-5,7H;1H2;1-2H. The molecule has 4 heteroatoms. The smallest absolute Gasteiger partial charge is 0.115 e. The Bertz CT molecular complexity index is 152. The SMILES string of the molecule is C=O.OO.Oc1ccccc1. The minimum absolute atomic E-state index is 0.322. The first-order valence-corrected chi connectivity index (χ1v) is 2.62. The molecule has 0 aliphatic heterocycles. The average Bonchev–Trinajstić information content (AvgIpc) is 2.13. The number of carbonyl (C=O) groups is 1. The second-order valence-electron chi connectivity index (χ2n) is 1.34. The summed E-state index contributed by atoms with van der Waals surface area (Å²) < 4.78 is 0. The molecule has 0 aliphatic rings. The maximum absolute atomic E-state index is 8.63. The number of phenols is 1. The van der Waals surface area contributed by atoms with Gasteiger partial charge < -0.3 is 9.90 Å². The molecule has 1 aromatic carbocycles. The maximum Gasteiger partial charge on any atom is 0.115 e. The van der Waals surface area contributed by atoms with Crippen LogP contribution in [0.1, 0.15) is 0 Å². The van der Waals surface area contributed by atoms with Crippen LogP contribution in [-0.2, 0) is 4.79 Å². The highest BCUT2D eigenvalue weighted by Gasteiger charge is 1.74. The van der Waals surface area contributed by atoms with E-state index in [0.717, 1.165) is 0 Å². The lowest BCUT2D eigenvalue weighted by Gasteiger charge is -1.82. The number of carbonyl (C=O) groups excluding carboxylic acids is 1. The Labute approximate surface area is 64.3 Å². The van der Waals surface area contributed by atoms with E-state index < -0.39 is 0 Å². The quantitative estimate of drug-likeness (QED) is 0.392. The molecule has 0 saturated carbocycles. The summed E-state index contributed by atoms with van der Waals surface area (Å²) in [5.74, 6) is 0.322. The Morgan fingerprint density at radius 3 is 1.55 bits per heavy atom. The van der Waals surface area contributed by atoms with Gasteiger partial charge in [-0.3, -0.25) is 10.5 Å². The minimum atomic E-state index is 0.322. The van der Waals surface area contributed by atoms with Gasteiger partial charge in [0.2, 0.25) is 0 Å². The van der Waals surface area contributed by atoms with E-state index in [1.165, 1.54) is 0 Å². The molecule has 0 aromatic heterocycles. The van der Waals surface area contributed by atoms with Gasteiger partial charge >= 0.3 is 0 Å². The van der Waals surface area contributed by atoms with E-state index in [0.29, 0.717) is 5.75 Å². The van der Waals surface area contributed by atoms with Crippen molar-refractivity contribution < 1.29 is 20.4 Å². The number of para-hydroxylation sites is 1. The highest BCUT2D eigenvalue weighted by Crippen LogP contribution is 2.02. The molecule has 0 saturated heterocycles. The lowest BCUT2D eigenvalue weighted by atomic mass is 10.3. The molecule has 0 radical (unpaired) electrons. The van der Waals surface area contributed by atoms with Crippen molar-refractivity contribution in [3.05, 3.63) is 30.3 Å². The minimum Gasteiger partial charge on any atom is -0.508 e. The van der Waals surface area contributed by atoms with Gasteiger partial charge in [-0.05, 0) is 12.1 Å². The van der Waals surface area contributed by atoms with Gasteiger partial charge in [0, 0.05) is 0 Å². The van der Waals surface area contributed by atoms with Crippen LogP contribution in [-0.4, -0.2) is 22.4 Å². The number of rotatable bonds is 0. The molecular weight excluding hydrogens is 148 g/mol. The molecule has 0 bridgehead atoms. The molecular formula is C7H10O4. The van der Waals surface area contributed by atoms with E-state index in [4.69, 9.17) is 20.4 Å². The van der Waals surface area contributed by atoms with E-state index in [2.05, 4.69) is 0 Å². The van der Waals surface area contributed by atoms with Crippen molar-refractivity contribution in [3.63, 3.8) is 0 Å². The van der Waals surface area contributed by atoms with Gasteiger partial charge in [0.25, 0.3) is 0 Å². The number of phenolic OH excluding ortho intramolecular Hbond substituents is 1. The van der Waals surface area contributed by atoms with E-state index in [-0.39, 0.29) is 0 Å². The Morgan fingerprint density at radius 2 is 1.36 bits per heavy atom. The van der Waals surface area contributed by atoms with Crippen molar-refractivity contribution in [3.8, 4) is 5.75 Å². The summed E-state index contributed by atoms with van der Waals surface area (Å²) in [4.78, 5) is 8.00. The normalized spacial score (nSPS) is 6.36. The first kappa shape index (κ1) is 12.3. The fourth-order valence-corrected chi connectivity index (χ4v) is 0.428. The molecule has 11 heavy (non-hydrogen) atoms. The molecule has 0 spiro atoms. The lowest BCUT2D eigenvalue weighted by molar-refractivity contribution is -0.176. The van der Waals surface area contributed by atoms with Gasteiger partial charge in [-0.25, -0.2) is 0 Å². The van der Waals surface area contributed by atoms with Crippen LogP contribution in [0.25, 0.3) is 0 Å². The van der Waals surface area contributed by atoms with E-state index >= 15 is 0 Å². The van der Waals surface area contributed by atoms with Crippen LogP contribution in [0.5, 0.6) is 5.75 Å². The van der Waals surface area contributed by atoms with E-state index in [1.54, 1.807) is 24.3 Å². The summed E-state index contributed by atoms with van der Waals surface area (Å²) in [5, 5.41) is 20.6. The first-order chi connectivity index (χ1) is 5.39. The Hall–Kier alpha value is -1.39. The van der Waals surface area contributed by atoms with Crippen LogP contribution in [0.4, 0.5) is 0 Å². The van der Waals surface area contributed by atoms with Gasteiger partial charge in [-0.1, -0.05) is 18.2 Å². The predicted octanol–water partition coefficient (Wildman–Crippen LogP) is 1.22. The first-order valence-electron chi connectivity index (χ1n) is 2.62. The molecule has 0 aliphatic carbocycles. The second kappa shape index (κ2) is 11.4. The van der Waals surface area contributed by atoms with Crippen molar-refractivity contribution in [2.24, 2.45) is 0 Å². The van der Waals surface area contributed by atoms with Gasteiger partial charge in [0.05, 0.1) is 0 Å². The van der Waals surface area contributed by atoms with Crippen molar-refractivity contribution in [2.45, 2.75) is 0 Å². The average molecular weight is 158 g/mol. The van der Waals surface area contributed by atoms with Crippen molar-refractivity contribution >= 4 is 6.79 Å². The monoisotopic (exact) mass is 158 g/mol. The third-order valence-corrected chi connectivity index (χ3v) is 0.756. The number of aromatic hydroxyl groups is 1. The van der Waals surface area contributed by atoms with Crippen LogP contribution >= 0.6 is 0 Å². The third-order valence-electron chi connectivity index (χ3n) is 0.756. The highest BCUT2D eigenvalue weighted by molar-refractivity contribution is 5.18. The van der Waals surface area contributed by atoms with Crippen LogP contribution in [0.2, 0.25) is 0 Å². The largest absolute Gasteiger partial charge is 0.508 e. The number of hydrogen-bond acceptors (Lipinski definition) is 4. The fourth-order valence-electron chi connectivity index (χ4n) is 0.428. The van der Waals surface area contributed by atoms with Gasteiger partial charge in [0.1, 0.15) is 12.5 Å². The number of hydrogen-bond donors (Lipinski definition) is 3. The zero-order valence-corrected chi connectivity index (χ0v) is 5.84. The van der Waals surface area contributed by atoms with Crippen LogP contribution in [0.15, 0.2) is 30.3 Å². The predicted molar refractivity (Wildman–Crippen MR) is 40.5 cm³/mol. The molecule has 62 valence electrons. The maximum atomic E-state index is 8.63. The van der Waals surface area contributed by atoms with Gasteiger partial charge in [-0.15, -0.1) is 0 Å². The van der Waals surface area contributed by atoms with E-state index in [1.807, 2.05) is 12.9 Å². The summed E-state index contributed by atoms with van der Waals surface area (Å²) in [6, 6.07) is 8.71. The van der Waals surface area contributed by atoms with Gasteiger partial charge in [-0.2, -0.15) is 0 Å². The molecule has 4 nitrogen and oxygen atoms in total. The van der Waals surface area contributed by atoms with E-state index in [9.17, 15) is 0 Å². The topological polar surface area (TPSA) is 77.8 Å². The van der Waals surface area contributed by atoms with Crippen LogP contribution in [0, 0.1) is 0 Å². The molecule has 0 unspecified atom stereocenters. The van der Waals surface area contributed by atoms with Crippen molar-refractivity contribution in [1.82, 2.24) is 0 Å². The molecule has 1 rings (SSSR count). The highest BCUT2D eigenvalue weighted by atomic mass is 17.0. The Kier molecular flexibility index (Phi) is 12.8. The van der Waals surface area contributed by atoms with Gasteiger partial charge in [0.15, 0.2) is 0 Å². The molecule has 3 N–H and O–H groups in total. The summed E-state index contributed by atoms with van der Waals surface area (Å²) in [7, 11) is 0. The Balaban J connectivity index is 0. The fraction of sp³-hybridized carbons (Fsp3) is 0. The molecule has 1 aromatic rings. The summed E-state index contributed by atoms with van der Waals surface area (Å²) in [6.07, 6.45) is 0. The zero-order chi connectivity index (χ0) is 9.11. The Morgan fingerprint density at radius 1 is 1.00 bits per heavy atom. The molecule has 0 atom stereocenters. The summed E-state index contributed by atoms with van der Waals surface area (Å²) in [6.45, 7) is 2.00. The van der Waals surface area contributed by atoms with Crippen molar-refractivity contribution in [1.29, 1.82) is 0 Å². The molecule has 0 heterocycles. The lowest BCUT2D eigenvalue weighted by Crippen LogP contribution is -1.56.